The molecule has 0 spiro atoms. The van der Waals surface area contributed by atoms with Crippen LogP contribution in [0.1, 0.15) is 31.2 Å². The van der Waals surface area contributed by atoms with E-state index in [4.69, 9.17) is 4.74 Å². The molecule has 3 nitrogen and oxygen atoms in total. The number of aromatic hydroxyl groups is 1. The number of phenolic OH excluding ortho intramolecular Hbond substituents is 1. The van der Waals surface area contributed by atoms with Crippen molar-refractivity contribution in [2.75, 3.05) is 13.2 Å². The number of morpholine rings is 1. The van der Waals surface area contributed by atoms with E-state index in [1.54, 1.807) is 12.1 Å². The van der Waals surface area contributed by atoms with Crippen LogP contribution in [-0.4, -0.2) is 35.3 Å². The second-order valence-corrected chi connectivity index (χ2v) is 5.40. The van der Waals surface area contributed by atoms with E-state index >= 15 is 0 Å². The van der Waals surface area contributed by atoms with Gasteiger partial charge in [0, 0.05) is 19.1 Å². The Bertz CT molecular complexity index is 388. The molecule has 0 radical (unpaired) electrons. The first kappa shape index (κ1) is 12.0. The third-order valence-corrected chi connectivity index (χ3v) is 4.17. The van der Waals surface area contributed by atoms with Crippen molar-refractivity contribution in [3.8, 4) is 5.75 Å². The predicted octanol–water partition coefficient (Wildman–Crippen LogP) is 2.54. The fourth-order valence-electron chi connectivity index (χ4n) is 3.21. The average Bonchev–Trinajstić information content (AvgIpc) is 2.42. The molecular formula is C15H21NO2. The summed E-state index contributed by atoms with van der Waals surface area (Å²) in [6.45, 7) is 2.87. The number of hydrogen-bond donors (Lipinski definition) is 1. The Morgan fingerprint density at radius 3 is 2.78 bits per heavy atom. The summed E-state index contributed by atoms with van der Waals surface area (Å²) in [5.41, 5.74) is 1.28. The van der Waals surface area contributed by atoms with Crippen molar-refractivity contribution in [3.63, 3.8) is 0 Å². The van der Waals surface area contributed by atoms with Crippen LogP contribution in [0.2, 0.25) is 0 Å². The van der Waals surface area contributed by atoms with Gasteiger partial charge in [0.05, 0.1) is 12.7 Å². The number of hydrogen-bond acceptors (Lipinski definition) is 3. The van der Waals surface area contributed by atoms with Gasteiger partial charge in [-0.05, 0) is 30.5 Å². The molecule has 1 aromatic rings. The normalized spacial score (nSPS) is 28.9. The summed E-state index contributed by atoms with van der Waals surface area (Å²) in [6.07, 6.45) is 5.58. The second kappa shape index (κ2) is 5.29. The van der Waals surface area contributed by atoms with E-state index in [9.17, 15) is 5.11 Å². The largest absolute Gasteiger partial charge is 0.508 e. The maximum atomic E-state index is 9.32. The fraction of sp³-hybridized carbons (Fsp3) is 0.600. The van der Waals surface area contributed by atoms with Crippen LogP contribution >= 0.6 is 0 Å². The molecule has 3 rings (SSSR count). The molecule has 0 aromatic heterocycles. The van der Waals surface area contributed by atoms with E-state index in [-0.39, 0.29) is 0 Å². The molecule has 1 aromatic carbocycles. The van der Waals surface area contributed by atoms with Crippen LogP contribution in [0.15, 0.2) is 24.3 Å². The van der Waals surface area contributed by atoms with E-state index in [1.165, 1.54) is 31.2 Å². The summed E-state index contributed by atoms with van der Waals surface area (Å²) in [5.74, 6) is 0.344. The molecule has 1 aliphatic carbocycles. The van der Waals surface area contributed by atoms with Gasteiger partial charge in [-0.15, -0.1) is 0 Å². The van der Waals surface area contributed by atoms with Gasteiger partial charge < -0.3 is 9.84 Å². The lowest BCUT2D eigenvalue weighted by Gasteiger charge is -2.43. The zero-order valence-corrected chi connectivity index (χ0v) is 10.7. The maximum absolute atomic E-state index is 9.32. The SMILES string of the molecule is Oc1ccc(CN2CCOC3CCCCC32)cc1. The molecule has 18 heavy (non-hydrogen) atoms. The Labute approximate surface area is 108 Å². The van der Waals surface area contributed by atoms with Gasteiger partial charge in [0.1, 0.15) is 5.75 Å². The van der Waals surface area contributed by atoms with Crippen molar-refractivity contribution >= 4 is 0 Å². The number of benzene rings is 1. The lowest BCUT2D eigenvalue weighted by atomic mass is 9.90. The molecule has 0 bridgehead atoms. The Kier molecular flexibility index (Phi) is 3.52. The summed E-state index contributed by atoms with van der Waals surface area (Å²) < 4.78 is 5.89. The first-order valence-corrected chi connectivity index (χ1v) is 6.96. The van der Waals surface area contributed by atoms with Gasteiger partial charge in [0.25, 0.3) is 0 Å². The topological polar surface area (TPSA) is 32.7 Å². The van der Waals surface area contributed by atoms with Crippen LogP contribution in [0.25, 0.3) is 0 Å². The monoisotopic (exact) mass is 247 g/mol. The highest BCUT2D eigenvalue weighted by Gasteiger charge is 2.33. The Morgan fingerprint density at radius 1 is 1.17 bits per heavy atom. The smallest absolute Gasteiger partial charge is 0.115 e. The van der Waals surface area contributed by atoms with Crippen molar-refractivity contribution in [2.24, 2.45) is 0 Å². The summed E-state index contributed by atoms with van der Waals surface area (Å²) in [6, 6.07) is 8.18. The Morgan fingerprint density at radius 2 is 1.94 bits per heavy atom. The minimum atomic E-state index is 0.344. The van der Waals surface area contributed by atoms with E-state index in [2.05, 4.69) is 4.90 Å². The number of ether oxygens (including phenoxy) is 1. The van der Waals surface area contributed by atoms with Gasteiger partial charge in [-0.25, -0.2) is 0 Å². The van der Waals surface area contributed by atoms with Gasteiger partial charge in [-0.2, -0.15) is 0 Å². The molecule has 1 heterocycles. The first-order valence-electron chi connectivity index (χ1n) is 6.96. The molecule has 2 fully saturated rings. The minimum absolute atomic E-state index is 0.344. The number of fused-ring (bicyclic) bond motifs is 1. The predicted molar refractivity (Wildman–Crippen MR) is 70.5 cm³/mol. The molecule has 1 saturated carbocycles. The first-order chi connectivity index (χ1) is 8.83. The maximum Gasteiger partial charge on any atom is 0.115 e. The van der Waals surface area contributed by atoms with Crippen LogP contribution in [0.5, 0.6) is 5.75 Å². The fourth-order valence-corrected chi connectivity index (χ4v) is 3.21. The van der Waals surface area contributed by atoms with Crippen LogP contribution in [0.3, 0.4) is 0 Å². The number of nitrogens with zero attached hydrogens (tertiary/aromatic N) is 1. The van der Waals surface area contributed by atoms with Crippen LogP contribution in [-0.2, 0) is 11.3 Å². The van der Waals surface area contributed by atoms with Crippen molar-refractivity contribution in [3.05, 3.63) is 29.8 Å². The highest BCUT2D eigenvalue weighted by molar-refractivity contribution is 5.25. The summed E-state index contributed by atoms with van der Waals surface area (Å²) in [5, 5.41) is 9.32. The Hall–Kier alpha value is -1.06. The third-order valence-electron chi connectivity index (χ3n) is 4.17. The summed E-state index contributed by atoms with van der Waals surface area (Å²) >= 11 is 0. The molecule has 2 unspecified atom stereocenters. The second-order valence-electron chi connectivity index (χ2n) is 5.40. The van der Waals surface area contributed by atoms with E-state index in [0.717, 1.165) is 19.7 Å². The molecule has 2 atom stereocenters. The van der Waals surface area contributed by atoms with Gasteiger partial charge in [-0.1, -0.05) is 25.0 Å². The van der Waals surface area contributed by atoms with Crippen molar-refractivity contribution < 1.29 is 9.84 Å². The Balaban J connectivity index is 1.69. The molecule has 1 saturated heterocycles. The van der Waals surface area contributed by atoms with Crippen LogP contribution in [0, 0.1) is 0 Å². The lowest BCUT2D eigenvalue weighted by molar-refractivity contribution is -0.0911. The van der Waals surface area contributed by atoms with Crippen LogP contribution in [0.4, 0.5) is 0 Å². The highest BCUT2D eigenvalue weighted by atomic mass is 16.5. The molecule has 1 aliphatic heterocycles. The highest BCUT2D eigenvalue weighted by Crippen LogP contribution is 2.29. The van der Waals surface area contributed by atoms with Gasteiger partial charge in [0.15, 0.2) is 0 Å². The lowest BCUT2D eigenvalue weighted by Crippen LogP contribution is -2.52. The molecule has 3 heteroatoms. The molecule has 0 amide bonds. The number of rotatable bonds is 2. The van der Waals surface area contributed by atoms with Crippen molar-refractivity contribution in [1.82, 2.24) is 4.90 Å². The van der Waals surface area contributed by atoms with Gasteiger partial charge in [0.2, 0.25) is 0 Å². The summed E-state index contributed by atoms with van der Waals surface area (Å²) in [4.78, 5) is 2.56. The quantitative estimate of drug-likeness (QED) is 0.871. The van der Waals surface area contributed by atoms with E-state index in [1.807, 2.05) is 12.1 Å². The molecule has 1 N–H and O–H groups in total. The van der Waals surface area contributed by atoms with Crippen LogP contribution < -0.4 is 0 Å². The minimum Gasteiger partial charge on any atom is -0.508 e. The standard InChI is InChI=1S/C15H21NO2/c17-13-7-5-12(6-8-13)11-16-9-10-18-15-4-2-1-3-14(15)16/h5-8,14-15,17H,1-4,9-11H2. The average molecular weight is 247 g/mol. The van der Waals surface area contributed by atoms with Gasteiger partial charge >= 0.3 is 0 Å². The van der Waals surface area contributed by atoms with E-state index in [0.29, 0.717) is 17.9 Å². The van der Waals surface area contributed by atoms with Gasteiger partial charge in [-0.3, -0.25) is 4.90 Å². The zero-order valence-electron chi connectivity index (χ0n) is 10.7. The van der Waals surface area contributed by atoms with Crippen molar-refractivity contribution in [1.29, 1.82) is 0 Å². The van der Waals surface area contributed by atoms with Crippen molar-refractivity contribution in [2.45, 2.75) is 44.4 Å². The molecular weight excluding hydrogens is 226 g/mol. The third kappa shape index (κ3) is 2.52. The zero-order chi connectivity index (χ0) is 12.4. The molecule has 2 aliphatic rings. The number of phenols is 1. The van der Waals surface area contributed by atoms with E-state index < -0.39 is 0 Å². The molecule has 98 valence electrons. The summed E-state index contributed by atoms with van der Waals surface area (Å²) in [7, 11) is 0.